The van der Waals surface area contributed by atoms with Gasteiger partial charge in [-0.25, -0.2) is 4.98 Å². The number of carbonyl (C=O) groups excluding carboxylic acids is 1. The average molecular weight is 467 g/mol. The molecule has 178 valence electrons. The fourth-order valence-corrected chi connectivity index (χ4v) is 6.28. The Labute approximate surface area is 202 Å². The van der Waals surface area contributed by atoms with Crippen LogP contribution in [0.3, 0.4) is 0 Å². The monoisotopic (exact) mass is 466 g/mol. The molecule has 1 aliphatic carbocycles. The Balaban J connectivity index is 1.56. The van der Waals surface area contributed by atoms with E-state index in [1.807, 2.05) is 12.1 Å². The van der Waals surface area contributed by atoms with Crippen LogP contribution in [0.4, 0.5) is 0 Å². The van der Waals surface area contributed by atoms with Crippen LogP contribution in [0.25, 0.3) is 11.0 Å². The molecule has 1 saturated carbocycles. The van der Waals surface area contributed by atoms with Crippen LogP contribution in [0.1, 0.15) is 98.7 Å². The second-order valence-corrected chi connectivity index (χ2v) is 10.8. The minimum absolute atomic E-state index is 0.0628. The number of nitrogens with zero attached hydrogens (tertiary/aromatic N) is 2. The number of fused-ring (bicyclic) bond motifs is 1. The molecule has 5 heteroatoms. The molecule has 0 bridgehead atoms. The van der Waals surface area contributed by atoms with Gasteiger partial charge in [-0.15, -0.1) is 11.3 Å². The summed E-state index contributed by atoms with van der Waals surface area (Å²) in [5.74, 6) is 1.94. The topological polar surface area (TPSA) is 55.1 Å². The van der Waals surface area contributed by atoms with Crippen LogP contribution in [0.15, 0.2) is 35.7 Å². The van der Waals surface area contributed by atoms with Crippen LogP contribution >= 0.6 is 11.3 Å². The Kier molecular flexibility index (Phi) is 8.37. The van der Waals surface area contributed by atoms with E-state index in [1.54, 1.807) is 11.3 Å². The summed E-state index contributed by atoms with van der Waals surface area (Å²) in [7, 11) is 0. The lowest BCUT2D eigenvalue weighted by molar-refractivity contribution is 0.0915. The number of thiophene rings is 1. The number of aromatic nitrogens is 2. The van der Waals surface area contributed by atoms with Crippen LogP contribution < -0.4 is 0 Å². The number of rotatable bonds is 11. The number of aliphatic hydroxyl groups is 1. The molecule has 0 radical (unpaired) electrons. The first-order valence-corrected chi connectivity index (χ1v) is 13.7. The van der Waals surface area contributed by atoms with Crippen molar-refractivity contribution in [3.8, 4) is 0 Å². The van der Waals surface area contributed by atoms with Crippen molar-refractivity contribution >= 4 is 28.2 Å². The summed E-state index contributed by atoms with van der Waals surface area (Å²) in [6.45, 7) is 4.56. The van der Waals surface area contributed by atoms with Crippen molar-refractivity contribution in [3.63, 3.8) is 0 Å². The van der Waals surface area contributed by atoms with Crippen LogP contribution in [0.5, 0.6) is 0 Å². The van der Waals surface area contributed by atoms with Gasteiger partial charge in [0.15, 0.2) is 5.78 Å². The smallest absolute Gasteiger partial charge is 0.163 e. The first kappa shape index (κ1) is 24.2. The van der Waals surface area contributed by atoms with Crippen molar-refractivity contribution in [1.82, 2.24) is 9.55 Å². The van der Waals surface area contributed by atoms with Crippen LogP contribution in [-0.2, 0) is 6.42 Å². The molecule has 33 heavy (non-hydrogen) atoms. The largest absolute Gasteiger partial charge is 0.396 e. The minimum atomic E-state index is 0.0628. The summed E-state index contributed by atoms with van der Waals surface area (Å²) in [6.07, 6.45) is 10.7. The van der Waals surface area contributed by atoms with E-state index in [0.29, 0.717) is 18.4 Å². The maximum atomic E-state index is 13.1. The number of aliphatic hydroxyl groups excluding tert-OH is 1. The second-order valence-electron chi connectivity index (χ2n) is 9.74. The number of hydrogen-bond acceptors (Lipinski definition) is 4. The Morgan fingerprint density at radius 2 is 1.97 bits per heavy atom. The zero-order valence-corrected chi connectivity index (χ0v) is 20.9. The van der Waals surface area contributed by atoms with Crippen molar-refractivity contribution in [2.24, 2.45) is 11.8 Å². The van der Waals surface area contributed by atoms with Crippen molar-refractivity contribution in [2.75, 3.05) is 6.61 Å². The SMILES string of the molecule is CCC(CC)n1c(Cc2cccs2)nc2cc(C(=O)C[C@H](CO)CC3CCCCC3)ccc21. The van der Waals surface area contributed by atoms with Gasteiger partial charge in [0, 0.05) is 35.9 Å². The maximum Gasteiger partial charge on any atom is 0.163 e. The summed E-state index contributed by atoms with van der Waals surface area (Å²) in [6, 6.07) is 10.7. The van der Waals surface area contributed by atoms with Crippen LogP contribution in [0.2, 0.25) is 0 Å². The van der Waals surface area contributed by atoms with E-state index in [2.05, 4.69) is 42.0 Å². The van der Waals surface area contributed by atoms with Gasteiger partial charge in [0.1, 0.15) is 5.82 Å². The average Bonchev–Trinajstić information content (AvgIpc) is 3.48. The van der Waals surface area contributed by atoms with Gasteiger partial charge in [0.25, 0.3) is 0 Å². The predicted octanol–water partition coefficient (Wildman–Crippen LogP) is 7.20. The second kappa shape index (κ2) is 11.4. The Morgan fingerprint density at radius 3 is 2.64 bits per heavy atom. The molecule has 0 unspecified atom stereocenters. The summed E-state index contributed by atoms with van der Waals surface area (Å²) >= 11 is 1.76. The molecule has 1 atom stereocenters. The van der Waals surface area contributed by atoms with Gasteiger partial charge < -0.3 is 9.67 Å². The highest BCUT2D eigenvalue weighted by Crippen LogP contribution is 2.32. The summed E-state index contributed by atoms with van der Waals surface area (Å²) in [5.41, 5.74) is 2.75. The molecule has 0 aliphatic heterocycles. The van der Waals surface area contributed by atoms with Crippen molar-refractivity contribution in [3.05, 3.63) is 52.0 Å². The summed E-state index contributed by atoms with van der Waals surface area (Å²) in [4.78, 5) is 19.5. The van der Waals surface area contributed by atoms with E-state index >= 15 is 0 Å². The molecule has 2 heterocycles. The highest BCUT2D eigenvalue weighted by Gasteiger charge is 2.23. The highest BCUT2D eigenvalue weighted by atomic mass is 32.1. The Hall–Kier alpha value is -1.98. The van der Waals surface area contributed by atoms with Crippen LogP contribution in [-0.4, -0.2) is 27.0 Å². The zero-order valence-electron chi connectivity index (χ0n) is 20.1. The molecule has 4 nitrogen and oxygen atoms in total. The third kappa shape index (κ3) is 5.75. The number of Topliss-reactive ketones (excluding diaryl/α,β-unsaturated/α-hetero) is 1. The van der Waals surface area contributed by atoms with E-state index < -0.39 is 0 Å². The molecule has 2 aromatic heterocycles. The summed E-state index contributed by atoms with van der Waals surface area (Å²) in [5, 5.41) is 12.0. The van der Waals surface area contributed by atoms with Crippen molar-refractivity contribution in [1.29, 1.82) is 0 Å². The van der Waals surface area contributed by atoms with E-state index in [9.17, 15) is 9.90 Å². The lowest BCUT2D eigenvalue weighted by Gasteiger charge is -2.25. The van der Waals surface area contributed by atoms with Gasteiger partial charge in [-0.05, 0) is 60.7 Å². The van der Waals surface area contributed by atoms with E-state index in [-0.39, 0.29) is 18.3 Å². The van der Waals surface area contributed by atoms with E-state index in [0.717, 1.165) is 48.1 Å². The summed E-state index contributed by atoms with van der Waals surface area (Å²) < 4.78 is 2.39. The number of carbonyl (C=O) groups is 1. The molecule has 0 amide bonds. The zero-order chi connectivity index (χ0) is 23.2. The molecule has 3 aromatic rings. The fraction of sp³-hybridized carbons (Fsp3) is 0.571. The third-order valence-electron chi connectivity index (χ3n) is 7.43. The molecule has 1 fully saturated rings. The maximum absolute atomic E-state index is 13.1. The lowest BCUT2D eigenvalue weighted by Crippen LogP contribution is -2.18. The minimum Gasteiger partial charge on any atom is -0.396 e. The van der Waals surface area contributed by atoms with Crippen LogP contribution in [0, 0.1) is 11.8 Å². The third-order valence-corrected chi connectivity index (χ3v) is 8.30. The van der Waals surface area contributed by atoms with Gasteiger partial charge in [0.2, 0.25) is 0 Å². The molecule has 1 aliphatic rings. The van der Waals surface area contributed by atoms with Gasteiger partial charge in [-0.2, -0.15) is 0 Å². The van der Waals surface area contributed by atoms with Crippen molar-refractivity contribution in [2.45, 2.75) is 84.1 Å². The van der Waals surface area contributed by atoms with Gasteiger partial charge in [0.05, 0.1) is 11.0 Å². The predicted molar refractivity (Wildman–Crippen MR) is 137 cm³/mol. The normalized spacial score (nSPS) is 16.0. The number of hydrogen-bond donors (Lipinski definition) is 1. The molecule has 0 spiro atoms. The fourth-order valence-electron chi connectivity index (χ4n) is 5.57. The van der Waals surface area contributed by atoms with E-state index in [1.165, 1.54) is 37.0 Å². The molecular formula is C28H38N2O2S. The standard InChI is InChI=1S/C28H38N2O2S/c1-3-23(4-2)30-26-13-12-22(17-25(26)29-28(30)18-24-11-8-14-33-24)27(32)16-21(19-31)15-20-9-6-5-7-10-20/h8,11-14,17,20-21,23,31H,3-7,9-10,15-16,18-19H2,1-2H3/t21-/m1/s1. The van der Waals surface area contributed by atoms with Gasteiger partial charge in [-0.3, -0.25) is 4.79 Å². The number of imidazole rings is 1. The number of benzene rings is 1. The van der Waals surface area contributed by atoms with Gasteiger partial charge in [-0.1, -0.05) is 52.0 Å². The lowest BCUT2D eigenvalue weighted by atomic mass is 9.81. The molecular weight excluding hydrogens is 428 g/mol. The number of ketones is 1. The quantitative estimate of drug-likeness (QED) is 0.304. The Bertz CT molecular complexity index is 1030. The first-order valence-electron chi connectivity index (χ1n) is 12.8. The Morgan fingerprint density at radius 1 is 1.18 bits per heavy atom. The highest BCUT2D eigenvalue weighted by molar-refractivity contribution is 7.09. The van der Waals surface area contributed by atoms with E-state index in [4.69, 9.17) is 4.98 Å². The molecule has 4 rings (SSSR count). The van der Waals surface area contributed by atoms with Crippen molar-refractivity contribution < 1.29 is 9.90 Å². The first-order chi connectivity index (χ1) is 16.1. The molecule has 1 aromatic carbocycles. The molecule has 1 N–H and O–H groups in total. The van der Waals surface area contributed by atoms with Gasteiger partial charge >= 0.3 is 0 Å². The molecule has 0 saturated heterocycles.